The van der Waals surface area contributed by atoms with Gasteiger partial charge in [-0.1, -0.05) is 0 Å². The fraction of sp³-hybridized carbons (Fsp3) is 0.889. The second-order valence-corrected chi connectivity index (χ2v) is 4.23. The minimum Gasteiger partial charge on any atom is -0.480 e. The largest absolute Gasteiger partial charge is 0.480 e. The number of carboxylic acids is 1. The Balaban J connectivity index is 2.79. The number of piperidine rings is 1. The van der Waals surface area contributed by atoms with Crippen LogP contribution in [-0.2, 0) is 4.79 Å². The molecule has 0 amide bonds. The molecule has 1 rings (SSSR count). The molecule has 13 heavy (non-hydrogen) atoms. The smallest absolute Gasteiger partial charge is 0.323 e. The number of nitrogens with two attached hydrogens (primary N) is 1. The summed E-state index contributed by atoms with van der Waals surface area (Å²) in [7, 11) is 2.01. The topological polar surface area (TPSA) is 66.6 Å². The van der Waals surface area contributed by atoms with E-state index in [2.05, 4.69) is 4.90 Å². The number of hydrogen-bond donors (Lipinski definition) is 2. The molecule has 76 valence electrons. The first kappa shape index (κ1) is 10.5. The third-order valence-corrected chi connectivity index (χ3v) is 3.14. The number of rotatable bonds is 1. The van der Waals surface area contributed by atoms with Gasteiger partial charge in [-0.2, -0.15) is 0 Å². The van der Waals surface area contributed by atoms with E-state index in [0.717, 1.165) is 0 Å². The van der Waals surface area contributed by atoms with Crippen molar-refractivity contribution in [3.63, 3.8) is 0 Å². The Morgan fingerprint density at radius 3 is 2.15 bits per heavy atom. The normalized spacial score (nSPS) is 41.8. The lowest BCUT2D eigenvalue weighted by Crippen LogP contribution is -2.60. The summed E-state index contributed by atoms with van der Waals surface area (Å²) in [4.78, 5) is 13.1. The Labute approximate surface area is 78.7 Å². The van der Waals surface area contributed by atoms with Crippen LogP contribution in [0.5, 0.6) is 0 Å². The average Bonchev–Trinajstić information content (AvgIpc) is 2.00. The molecular weight excluding hydrogens is 168 g/mol. The van der Waals surface area contributed by atoms with Crippen molar-refractivity contribution in [2.24, 2.45) is 5.73 Å². The highest BCUT2D eigenvalue weighted by molar-refractivity contribution is 5.78. The second kappa shape index (κ2) is 3.27. The van der Waals surface area contributed by atoms with Gasteiger partial charge in [0.15, 0.2) is 0 Å². The highest BCUT2D eigenvalue weighted by Gasteiger charge is 2.42. The summed E-state index contributed by atoms with van der Waals surface area (Å²) < 4.78 is 0. The summed E-state index contributed by atoms with van der Waals surface area (Å²) in [5.41, 5.74) is 4.80. The molecule has 0 aromatic carbocycles. The number of hydrogen-bond acceptors (Lipinski definition) is 3. The molecule has 3 atom stereocenters. The summed E-state index contributed by atoms with van der Waals surface area (Å²) in [5, 5.41) is 8.98. The quantitative estimate of drug-likeness (QED) is 0.617. The first-order valence-electron chi connectivity index (χ1n) is 4.61. The Kier molecular flexibility index (Phi) is 2.63. The Morgan fingerprint density at radius 1 is 1.46 bits per heavy atom. The first-order valence-corrected chi connectivity index (χ1v) is 4.61. The van der Waals surface area contributed by atoms with Crippen LogP contribution >= 0.6 is 0 Å². The molecule has 4 heteroatoms. The zero-order valence-corrected chi connectivity index (χ0v) is 8.45. The lowest BCUT2D eigenvalue weighted by molar-refractivity contribution is -0.146. The second-order valence-electron chi connectivity index (χ2n) is 4.23. The third kappa shape index (κ3) is 1.84. The van der Waals surface area contributed by atoms with E-state index in [1.807, 2.05) is 20.9 Å². The monoisotopic (exact) mass is 186 g/mol. The number of carboxylic acid groups (broad SMARTS) is 1. The molecule has 0 bridgehead atoms. The van der Waals surface area contributed by atoms with Crippen LogP contribution in [0.2, 0.25) is 0 Å². The summed E-state index contributed by atoms with van der Waals surface area (Å²) >= 11 is 0. The summed E-state index contributed by atoms with van der Waals surface area (Å²) in [5.74, 6) is -0.876. The van der Waals surface area contributed by atoms with Gasteiger partial charge in [0, 0.05) is 12.1 Å². The van der Waals surface area contributed by atoms with Gasteiger partial charge >= 0.3 is 5.97 Å². The predicted octanol–water partition coefficient (Wildman–Crippen LogP) is 0.271. The average molecular weight is 186 g/mol. The van der Waals surface area contributed by atoms with Gasteiger partial charge < -0.3 is 15.7 Å². The number of carbonyl (C=O) groups is 1. The molecule has 0 aliphatic carbocycles. The summed E-state index contributed by atoms with van der Waals surface area (Å²) in [6.45, 7) is 4.03. The van der Waals surface area contributed by atoms with E-state index in [9.17, 15) is 4.79 Å². The van der Waals surface area contributed by atoms with E-state index in [1.54, 1.807) is 0 Å². The van der Waals surface area contributed by atoms with Crippen molar-refractivity contribution in [3.05, 3.63) is 0 Å². The molecule has 1 fully saturated rings. The van der Waals surface area contributed by atoms with Gasteiger partial charge in [-0.25, -0.2) is 0 Å². The molecule has 1 heterocycles. The van der Waals surface area contributed by atoms with Crippen LogP contribution < -0.4 is 5.73 Å². The van der Waals surface area contributed by atoms with Crippen molar-refractivity contribution in [2.75, 3.05) is 7.05 Å². The standard InChI is InChI=1S/C9H18N2O2/c1-6-4-9(10,8(12)13)5-7(2)11(6)3/h6-7H,4-5,10H2,1-3H3,(H,12,13)/t6-,7+,9?. The van der Waals surface area contributed by atoms with Crippen LogP contribution in [0.4, 0.5) is 0 Å². The van der Waals surface area contributed by atoms with Crippen LogP contribution in [-0.4, -0.2) is 40.6 Å². The van der Waals surface area contributed by atoms with Gasteiger partial charge in [-0.15, -0.1) is 0 Å². The van der Waals surface area contributed by atoms with Crippen molar-refractivity contribution < 1.29 is 9.90 Å². The van der Waals surface area contributed by atoms with Gasteiger partial charge in [0.25, 0.3) is 0 Å². The van der Waals surface area contributed by atoms with Crippen molar-refractivity contribution in [3.8, 4) is 0 Å². The molecule has 1 saturated heterocycles. The van der Waals surface area contributed by atoms with Gasteiger partial charge in [0.2, 0.25) is 0 Å². The van der Waals surface area contributed by atoms with E-state index in [1.165, 1.54) is 0 Å². The highest BCUT2D eigenvalue weighted by atomic mass is 16.4. The van der Waals surface area contributed by atoms with E-state index < -0.39 is 11.5 Å². The van der Waals surface area contributed by atoms with Crippen LogP contribution in [0.25, 0.3) is 0 Å². The van der Waals surface area contributed by atoms with Crippen molar-refractivity contribution >= 4 is 5.97 Å². The molecule has 4 nitrogen and oxygen atoms in total. The summed E-state index contributed by atoms with van der Waals surface area (Å²) in [6, 6.07) is 0.481. The fourth-order valence-electron chi connectivity index (χ4n) is 2.03. The van der Waals surface area contributed by atoms with E-state index >= 15 is 0 Å². The number of aliphatic carboxylic acids is 1. The third-order valence-electron chi connectivity index (χ3n) is 3.14. The van der Waals surface area contributed by atoms with E-state index in [-0.39, 0.29) is 12.1 Å². The van der Waals surface area contributed by atoms with Crippen LogP contribution in [0.15, 0.2) is 0 Å². The number of nitrogens with zero attached hydrogens (tertiary/aromatic N) is 1. The minimum absolute atomic E-state index is 0.241. The fourth-order valence-corrected chi connectivity index (χ4v) is 2.03. The molecule has 0 radical (unpaired) electrons. The van der Waals surface area contributed by atoms with Crippen LogP contribution in [0, 0.1) is 0 Å². The molecule has 0 spiro atoms. The Hall–Kier alpha value is -0.610. The molecule has 1 aliphatic heterocycles. The molecule has 1 aliphatic rings. The van der Waals surface area contributed by atoms with E-state index in [4.69, 9.17) is 10.8 Å². The van der Waals surface area contributed by atoms with Crippen molar-refractivity contribution in [2.45, 2.75) is 44.3 Å². The zero-order valence-electron chi connectivity index (χ0n) is 8.45. The van der Waals surface area contributed by atoms with Crippen molar-refractivity contribution in [1.82, 2.24) is 4.90 Å². The van der Waals surface area contributed by atoms with Crippen LogP contribution in [0.1, 0.15) is 26.7 Å². The molecule has 0 aromatic rings. The first-order chi connectivity index (χ1) is 5.87. The minimum atomic E-state index is -1.02. The van der Waals surface area contributed by atoms with Crippen molar-refractivity contribution in [1.29, 1.82) is 0 Å². The highest BCUT2D eigenvalue weighted by Crippen LogP contribution is 2.28. The van der Waals surface area contributed by atoms with Gasteiger partial charge in [0.05, 0.1) is 0 Å². The van der Waals surface area contributed by atoms with Crippen LogP contribution in [0.3, 0.4) is 0 Å². The summed E-state index contributed by atoms with van der Waals surface area (Å²) in [6.07, 6.45) is 1.06. The maximum atomic E-state index is 10.9. The van der Waals surface area contributed by atoms with E-state index in [0.29, 0.717) is 12.8 Å². The number of likely N-dealkylation sites (tertiary alicyclic amines) is 1. The van der Waals surface area contributed by atoms with Gasteiger partial charge in [0.1, 0.15) is 5.54 Å². The lowest BCUT2D eigenvalue weighted by atomic mass is 9.81. The Morgan fingerprint density at radius 2 is 1.85 bits per heavy atom. The lowest BCUT2D eigenvalue weighted by Gasteiger charge is -2.43. The predicted molar refractivity (Wildman–Crippen MR) is 50.5 cm³/mol. The SMILES string of the molecule is C[C@@H]1CC(N)(C(=O)O)C[C@H](C)N1C. The van der Waals surface area contributed by atoms with Gasteiger partial charge in [-0.05, 0) is 33.7 Å². The maximum absolute atomic E-state index is 10.9. The van der Waals surface area contributed by atoms with Gasteiger partial charge in [-0.3, -0.25) is 4.79 Å². The Bertz CT molecular complexity index is 206. The molecule has 0 aromatic heterocycles. The molecular formula is C9H18N2O2. The zero-order chi connectivity index (χ0) is 10.2. The molecule has 3 N–H and O–H groups in total. The molecule has 1 unspecified atom stereocenters. The molecule has 0 saturated carbocycles. The maximum Gasteiger partial charge on any atom is 0.323 e.